The van der Waals surface area contributed by atoms with Gasteiger partial charge in [0.1, 0.15) is 11.5 Å². The molecule has 9 nitrogen and oxygen atoms in total. The maximum Gasteiger partial charge on any atom is 2.00 e. The van der Waals surface area contributed by atoms with Crippen LogP contribution >= 0.6 is 0 Å². The molecule has 0 saturated heterocycles. The summed E-state index contributed by atoms with van der Waals surface area (Å²) in [6, 6.07) is 14.8. The maximum atomic E-state index is 9.76. The third kappa shape index (κ3) is 15.8. The van der Waals surface area contributed by atoms with E-state index in [-0.39, 0.29) is 24.9 Å². The van der Waals surface area contributed by atoms with Crippen molar-refractivity contribution in [2.45, 2.75) is 33.9 Å². The van der Waals surface area contributed by atoms with Crippen molar-refractivity contribution < 1.29 is 39.6 Å². The van der Waals surface area contributed by atoms with Gasteiger partial charge in [-0.2, -0.15) is 0 Å². The molecule has 0 atom stereocenters. The summed E-state index contributed by atoms with van der Waals surface area (Å²) in [6.45, 7) is 8.29. The van der Waals surface area contributed by atoms with E-state index >= 15 is 0 Å². The SMILES string of the molecule is CC(=O)[O-].CC(C)(CNCc1ccccc1O)CNCc1ccccc1O.[N-]=[N+]=[N-].[Zn+2]. The number of benzene rings is 2. The minimum atomic E-state index is -1.08. The van der Waals surface area contributed by atoms with Crippen LogP contribution in [0.5, 0.6) is 11.5 Å². The number of phenolic OH excluding ortho intramolecular Hbond substituents is 2. The Labute approximate surface area is 195 Å². The van der Waals surface area contributed by atoms with Gasteiger partial charge >= 0.3 is 19.5 Å². The predicted molar refractivity (Wildman–Crippen MR) is 114 cm³/mol. The van der Waals surface area contributed by atoms with E-state index in [2.05, 4.69) is 24.5 Å². The molecule has 2 rings (SSSR count). The zero-order valence-corrected chi connectivity index (χ0v) is 21.2. The van der Waals surface area contributed by atoms with Crippen LogP contribution in [0.25, 0.3) is 16.0 Å². The summed E-state index contributed by atoms with van der Waals surface area (Å²) < 4.78 is 0. The van der Waals surface area contributed by atoms with Crippen LogP contribution in [0.1, 0.15) is 31.9 Å². The molecule has 0 aliphatic heterocycles. The van der Waals surface area contributed by atoms with Gasteiger partial charge in [-0.3, -0.25) is 4.91 Å². The van der Waals surface area contributed by atoms with E-state index < -0.39 is 5.97 Å². The third-order valence-electron chi connectivity index (χ3n) is 3.82. The average molecular weight is 481 g/mol. The fourth-order valence-corrected chi connectivity index (χ4v) is 2.45. The average Bonchev–Trinajstić information content (AvgIpc) is 2.65. The number of rotatable bonds is 8. The molecule has 0 saturated carbocycles. The standard InChI is InChI=1S/C19H26N2O2.C2H4O2.N3.Zn/c1-19(2,13-20-11-15-7-3-5-9-17(15)22)14-21-12-16-8-4-6-10-18(16)23;1-2(3)4;1-3-2;/h3-10,20-23H,11-14H2,1-2H3;1H3,(H,3,4);;/q;;-1;+2/p-1. The Bertz CT molecular complexity index is 754. The summed E-state index contributed by atoms with van der Waals surface area (Å²) in [5.74, 6) is -0.425. The Hall–Kier alpha value is -2.64. The minimum Gasteiger partial charge on any atom is -0.550 e. The summed E-state index contributed by atoms with van der Waals surface area (Å²) in [4.78, 5) is 10.4. The molecule has 0 aliphatic rings. The molecule has 0 heterocycles. The number of carboxylic acid groups (broad SMARTS) is 1. The van der Waals surface area contributed by atoms with E-state index in [4.69, 9.17) is 21.0 Å². The Balaban J connectivity index is 0. The fraction of sp³-hybridized carbons (Fsp3) is 0.381. The Morgan fingerprint density at radius 1 is 0.935 bits per heavy atom. The molecule has 0 fully saturated rings. The summed E-state index contributed by atoms with van der Waals surface area (Å²) in [7, 11) is 0. The van der Waals surface area contributed by atoms with Crippen molar-refractivity contribution in [1.82, 2.24) is 10.6 Å². The van der Waals surface area contributed by atoms with E-state index in [0.717, 1.165) is 31.1 Å². The van der Waals surface area contributed by atoms with Gasteiger partial charge in [0.05, 0.1) is 0 Å². The first kappa shape index (κ1) is 30.6. The number of hydrogen-bond donors (Lipinski definition) is 4. The van der Waals surface area contributed by atoms with Crippen LogP contribution in [0.2, 0.25) is 0 Å². The van der Waals surface area contributed by atoms with Crippen molar-refractivity contribution in [3.05, 3.63) is 75.6 Å². The number of aliphatic carboxylic acids is 1. The normalized spacial score (nSPS) is 9.65. The molecule has 0 amide bonds. The number of phenols is 2. The quantitative estimate of drug-likeness (QED) is 0.196. The second kappa shape index (κ2) is 17.1. The smallest absolute Gasteiger partial charge is 0.550 e. The van der Waals surface area contributed by atoms with E-state index in [0.29, 0.717) is 24.6 Å². The van der Waals surface area contributed by atoms with Crippen LogP contribution in [-0.4, -0.2) is 29.3 Å². The fourth-order valence-electron chi connectivity index (χ4n) is 2.45. The van der Waals surface area contributed by atoms with Crippen LogP contribution in [-0.2, 0) is 37.4 Å². The molecule has 0 aromatic heterocycles. The van der Waals surface area contributed by atoms with Gasteiger partial charge in [-0.25, -0.2) is 0 Å². The summed E-state index contributed by atoms with van der Waals surface area (Å²) >= 11 is 0. The first-order valence-electron chi connectivity index (χ1n) is 9.24. The number of para-hydroxylation sites is 2. The van der Waals surface area contributed by atoms with Gasteiger partial charge in [0.25, 0.3) is 0 Å². The van der Waals surface area contributed by atoms with Gasteiger partial charge in [0.15, 0.2) is 0 Å². The van der Waals surface area contributed by atoms with Gasteiger partial charge in [-0.05, 0) is 24.5 Å². The van der Waals surface area contributed by atoms with Crippen LogP contribution in [0.4, 0.5) is 0 Å². The predicted octanol–water partition coefficient (Wildman–Crippen LogP) is 2.62. The number of hydrogen-bond acceptors (Lipinski definition) is 6. The topological polar surface area (TPSA) is 163 Å². The molecule has 0 aliphatic carbocycles. The first-order chi connectivity index (χ1) is 14.1. The van der Waals surface area contributed by atoms with E-state index in [1.54, 1.807) is 12.1 Å². The van der Waals surface area contributed by atoms with Gasteiger partial charge in [0.2, 0.25) is 0 Å². The van der Waals surface area contributed by atoms with Crippen molar-refractivity contribution in [1.29, 1.82) is 0 Å². The second-order valence-corrected chi connectivity index (χ2v) is 7.21. The van der Waals surface area contributed by atoms with Crippen molar-refractivity contribution in [3.8, 4) is 11.5 Å². The number of carbonyl (C=O) groups is 1. The van der Waals surface area contributed by atoms with Gasteiger partial charge in [-0.1, -0.05) is 50.2 Å². The van der Waals surface area contributed by atoms with Crippen LogP contribution in [0, 0.1) is 5.41 Å². The molecule has 2 aromatic rings. The molecular formula is C21H29N5O4Zn. The monoisotopic (exact) mass is 479 g/mol. The minimum absolute atomic E-state index is 0. The van der Waals surface area contributed by atoms with E-state index in [1.807, 2.05) is 36.4 Å². The van der Waals surface area contributed by atoms with Gasteiger partial charge < -0.3 is 41.8 Å². The maximum absolute atomic E-state index is 9.76. The molecule has 4 N–H and O–H groups in total. The molecule has 10 heteroatoms. The number of nitrogens with one attached hydrogen (secondary N) is 2. The number of carboxylic acids is 1. The molecule has 0 spiro atoms. The molecule has 0 bridgehead atoms. The molecule has 2 aromatic carbocycles. The van der Waals surface area contributed by atoms with Crippen molar-refractivity contribution in [2.24, 2.45) is 5.41 Å². The number of aromatic hydroxyl groups is 2. The molecular weight excluding hydrogens is 452 g/mol. The van der Waals surface area contributed by atoms with E-state index in [9.17, 15) is 10.2 Å². The largest absolute Gasteiger partial charge is 2.00 e. The molecule has 31 heavy (non-hydrogen) atoms. The second-order valence-electron chi connectivity index (χ2n) is 7.21. The zero-order valence-electron chi connectivity index (χ0n) is 18.2. The Morgan fingerprint density at radius 3 is 1.52 bits per heavy atom. The summed E-state index contributed by atoms with van der Waals surface area (Å²) in [5.41, 5.74) is 15.4. The summed E-state index contributed by atoms with van der Waals surface area (Å²) in [6.07, 6.45) is 0. The Kier molecular flexibility index (Phi) is 16.8. The summed E-state index contributed by atoms with van der Waals surface area (Å²) in [5, 5.41) is 35.2. The van der Waals surface area contributed by atoms with Crippen molar-refractivity contribution in [3.63, 3.8) is 0 Å². The number of carbonyl (C=O) groups excluding carboxylic acids is 1. The molecule has 0 unspecified atom stereocenters. The van der Waals surface area contributed by atoms with Crippen LogP contribution < -0.4 is 15.7 Å². The molecule has 164 valence electrons. The van der Waals surface area contributed by atoms with Gasteiger partial charge in [-0.15, -0.1) is 0 Å². The molecule has 0 radical (unpaired) electrons. The van der Waals surface area contributed by atoms with Crippen LogP contribution in [0.3, 0.4) is 0 Å². The number of nitrogens with zero attached hydrogens (tertiary/aromatic N) is 3. The van der Waals surface area contributed by atoms with Gasteiger partial charge in [0, 0.05) is 43.3 Å². The van der Waals surface area contributed by atoms with Crippen molar-refractivity contribution in [2.75, 3.05) is 13.1 Å². The Morgan fingerprint density at radius 2 is 1.23 bits per heavy atom. The van der Waals surface area contributed by atoms with Crippen LogP contribution in [0.15, 0.2) is 48.5 Å². The zero-order chi connectivity index (χ0) is 23.0. The third-order valence-corrected chi connectivity index (χ3v) is 3.82. The first-order valence-corrected chi connectivity index (χ1v) is 9.24. The van der Waals surface area contributed by atoms with Crippen molar-refractivity contribution >= 4 is 5.97 Å². The van der Waals surface area contributed by atoms with E-state index in [1.165, 1.54) is 4.91 Å².